The lowest BCUT2D eigenvalue weighted by Gasteiger charge is -2.50. The summed E-state index contributed by atoms with van der Waals surface area (Å²) in [5.74, 6) is 0.346. The van der Waals surface area contributed by atoms with Crippen LogP contribution >= 0.6 is 34.9 Å². The number of carboxylic acid groups (broad SMARTS) is 1. The largest absolute Gasteiger partial charge is 0.477 e. The van der Waals surface area contributed by atoms with Crippen molar-refractivity contribution >= 4 is 63.5 Å². The third-order valence-electron chi connectivity index (χ3n) is 5.82. The average Bonchev–Trinajstić information content (AvgIpc) is 3.21. The normalized spacial score (nSPS) is 24.7. The van der Waals surface area contributed by atoms with Gasteiger partial charge in [-0.1, -0.05) is 5.16 Å². The molecule has 11 nitrogen and oxygen atoms in total. The number of amides is 2. The van der Waals surface area contributed by atoms with Gasteiger partial charge in [0.25, 0.3) is 11.8 Å². The van der Waals surface area contributed by atoms with Gasteiger partial charge in [-0.25, -0.2) is 9.78 Å². The molecule has 14 heteroatoms. The Morgan fingerprint density at radius 1 is 1.42 bits per heavy atom. The molecule has 1 aromatic heterocycles. The number of β-lactam (4-membered cyclic amide) rings is 1. The van der Waals surface area contributed by atoms with Crippen LogP contribution in [0, 0.1) is 0 Å². The lowest BCUT2D eigenvalue weighted by atomic mass is 10.0. The number of aliphatic carboxylic acids is 1. The number of fused-ring (bicyclic) bond motifs is 1. The summed E-state index contributed by atoms with van der Waals surface area (Å²) >= 11 is 4.51. The minimum Gasteiger partial charge on any atom is -0.477 e. The summed E-state index contributed by atoms with van der Waals surface area (Å²) in [6, 6.07) is -0.868. The summed E-state index contributed by atoms with van der Waals surface area (Å²) in [4.78, 5) is 48.1. The second kappa shape index (κ2) is 9.52. The number of quaternary nitrogens is 1. The van der Waals surface area contributed by atoms with E-state index in [1.807, 2.05) is 11.8 Å². The van der Waals surface area contributed by atoms with Crippen molar-refractivity contribution in [1.82, 2.24) is 15.2 Å². The highest BCUT2D eigenvalue weighted by molar-refractivity contribution is 8.00. The van der Waals surface area contributed by atoms with Crippen LogP contribution in [0.4, 0.5) is 5.13 Å². The van der Waals surface area contributed by atoms with Gasteiger partial charge in [0.05, 0.1) is 20.1 Å². The number of hydrogen-bond donors (Lipinski definition) is 3. The van der Waals surface area contributed by atoms with Crippen molar-refractivity contribution in [2.75, 3.05) is 56.8 Å². The van der Waals surface area contributed by atoms with E-state index in [-0.39, 0.29) is 22.2 Å². The minimum atomic E-state index is -1.12. The molecule has 3 aliphatic heterocycles. The Bertz CT molecular complexity index is 1030. The molecule has 1 aromatic rings. The fourth-order valence-corrected chi connectivity index (χ4v) is 7.34. The Morgan fingerprint density at radius 3 is 2.76 bits per heavy atom. The molecule has 2 fully saturated rings. The summed E-state index contributed by atoms with van der Waals surface area (Å²) in [6.45, 7) is 2.52. The molecule has 0 saturated carbocycles. The van der Waals surface area contributed by atoms with Crippen LogP contribution in [0.3, 0.4) is 0 Å². The highest BCUT2D eigenvalue weighted by Gasteiger charge is 2.55. The summed E-state index contributed by atoms with van der Waals surface area (Å²) in [5.41, 5.74) is 6.59. The maximum absolute atomic E-state index is 13.0. The van der Waals surface area contributed by atoms with Gasteiger partial charge >= 0.3 is 5.97 Å². The number of nitrogen functional groups attached to an aromatic ring is 1. The van der Waals surface area contributed by atoms with E-state index in [1.165, 1.54) is 23.8 Å². The molecule has 3 aliphatic rings. The number of aromatic nitrogens is 1. The molecule has 0 bridgehead atoms. The molecule has 2 amide bonds. The molecule has 2 atom stereocenters. The third kappa shape index (κ3) is 4.69. The van der Waals surface area contributed by atoms with Crippen LogP contribution in [0.1, 0.15) is 5.69 Å². The van der Waals surface area contributed by atoms with Crippen LogP contribution in [0.25, 0.3) is 0 Å². The second-order valence-corrected chi connectivity index (χ2v) is 11.4. The third-order valence-corrected chi connectivity index (χ3v) is 8.78. The first kappa shape index (κ1) is 23.9. The summed E-state index contributed by atoms with van der Waals surface area (Å²) in [7, 11) is 3.43. The van der Waals surface area contributed by atoms with Crippen molar-refractivity contribution in [3.05, 3.63) is 22.3 Å². The minimum absolute atomic E-state index is 0.0462. The summed E-state index contributed by atoms with van der Waals surface area (Å²) in [6.07, 6.45) is 0. The van der Waals surface area contributed by atoms with Crippen molar-refractivity contribution in [3.8, 4) is 0 Å². The molecule has 2 saturated heterocycles. The SMILES string of the molecule is CO/N=C(\C(=O)NC1C(=O)N2C(C(=O)O)=C(C[N+]3(C)CCSCC3)CS[C@H]12)c1csc(N)n1. The molecular formula is C19H25N6O5S3+. The number of nitrogens with zero attached hydrogens (tertiary/aromatic N) is 4. The van der Waals surface area contributed by atoms with Gasteiger partial charge in [-0.3, -0.25) is 14.5 Å². The number of thiazole rings is 1. The Morgan fingerprint density at radius 2 is 2.15 bits per heavy atom. The fourth-order valence-electron chi connectivity index (χ4n) is 4.11. The molecule has 0 spiro atoms. The predicted octanol–water partition coefficient (Wildman–Crippen LogP) is 0.00780. The van der Waals surface area contributed by atoms with Gasteiger partial charge in [0, 0.05) is 28.2 Å². The molecule has 33 heavy (non-hydrogen) atoms. The first-order valence-electron chi connectivity index (χ1n) is 10.2. The Labute approximate surface area is 203 Å². The van der Waals surface area contributed by atoms with E-state index in [0.717, 1.165) is 46.0 Å². The molecule has 4 rings (SSSR count). The molecule has 4 N–H and O–H groups in total. The summed E-state index contributed by atoms with van der Waals surface area (Å²) in [5, 5.41) is 17.7. The number of likely N-dealkylation sites (N-methyl/N-ethyl adjacent to an activating group) is 1. The van der Waals surface area contributed by atoms with E-state index in [4.69, 9.17) is 10.6 Å². The van der Waals surface area contributed by atoms with Gasteiger partial charge in [0.1, 0.15) is 36.5 Å². The first-order valence-corrected chi connectivity index (χ1v) is 13.3. The van der Waals surface area contributed by atoms with E-state index in [1.54, 1.807) is 5.38 Å². The molecule has 0 aromatic carbocycles. The van der Waals surface area contributed by atoms with Gasteiger partial charge in [0.15, 0.2) is 10.8 Å². The van der Waals surface area contributed by atoms with Gasteiger partial charge in [0.2, 0.25) is 0 Å². The number of thioether (sulfide) groups is 2. The Kier molecular flexibility index (Phi) is 6.88. The monoisotopic (exact) mass is 513 g/mol. The maximum Gasteiger partial charge on any atom is 0.352 e. The van der Waals surface area contributed by atoms with Gasteiger partial charge in [-0.2, -0.15) is 11.8 Å². The quantitative estimate of drug-likeness (QED) is 0.198. The molecule has 178 valence electrons. The number of nitrogens with two attached hydrogens (primary N) is 1. The van der Waals surface area contributed by atoms with Crippen LogP contribution in [0.2, 0.25) is 0 Å². The maximum atomic E-state index is 13.0. The van der Waals surface area contributed by atoms with E-state index in [0.29, 0.717) is 12.3 Å². The number of oxime groups is 1. The number of anilines is 1. The van der Waals surface area contributed by atoms with Crippen LogP contribution in [0.5, 0.6) is 0 Å². The number of nitrogens with one attached hydrogen (secondary N) is 1. The average molecular weight is 514 g/mol. The second-order valence-electron chi connectivity index (χ2n) is 8.15. The van der Waals surface area contributed by atoms with E-state index >= 15 is 0 Å². The van der Waals surface area contributed by atoms with Gasteiger partial charge in [-0.15, -0.1) is 23.1 Å². The van der Waals surface area contributed by atoms with Crippen molar-refractivity contribution < 1.29 is 28.8 Å². The first-order chi connectivity index (χ1) is 15.7. The van der Waals surface area contributed by atoms with Crippen LogP contribution in [0.15, 0.2) is 21.8 Å². The van der Waals surface area contributed by atoms with E-state index < -0.39 is 29.2 Å². The summed E-state index contributed by atoms with van der Waals surface area (Å²) < 4.78 is 0.764. The highest BCUT2D eigenvalue weighted by atomic mass is 32.2. The zero-order valence-corrected chi connectivity index (χ0v) is 20.6. The molecular weight excluding hydrogens is 488 g/mol. The number of carboxylic acids is 1. The topological polar surface area (TPSA) is 147 Å². The zero-order chi connectivity index (χ0) is 23.8. The number of carbonyl (C=O) groups excluding carboxylic acids is 2. The number of rotatable bonds is 7. The van der Waals surface area contributed by atoms with Crippen molar-refractivity contribution in [1.29, 1.82) is 0 Å². The smallest absolute Gasteiger partial charge is 0.352 e. The standard InChI is InChI=1S/C19H24N6O5S3/c1-25(3-5-31-6-4-25)7-10-8-32-17-13(16(27)24(17)14(10)18(28)29)22-15(26)12(23-30-2)11-9-33-19(20)21-11/h9,13,17H,3-8H2,1-2H3,(H3-,20,21,22,26,28,29)/p+1/b23-12-/t13?,17-/m1/s1. The zero-order valence-electron chi connectivity index (χ0n) is 18.1. The lowest BCUT2D eigenvalue weighted by molar-refractivity contribution is -0.901. The molecule has 1 unspecified atom stereocenters. The molecule has 4 heterocycles. The number of carbonyl (C=O) groups is 3. The van der Waals surface area contributed by atoms with E-state index in [2.05, 4.69) is 22.5 Å². The van der Waals surface area contributed by atoms with Gasteiger partial charge < -0.3 is 25.5 Å². The molecule has 0 aliphatic carbocycles. The van der Waals surface area contributed by atoms with Crippen molar-refractivity contribution in [2.24, 2.45) is 5.16 Å². The number of hydrogen-bond acceptors (Lipinski definition) is 10. The van der Waals surface area contributed by atoms with Crippen LogP contribution in [-0.4, -0.2) is 105 Å². The Hall–Kier alpha value is -2.29. The van der Waals surface area contributed by atoms with E-state index in [9.17, 15) is 19.5 Å². The molecule has 0 radical (unpaired) electrons. The fraction of sp³-hybridized carbons (Fsp3) is 0.526. The van der Waals surface area contributed by atoms with Gasteiger partial charge in [-0.05, 0) is 0 Å². The highest BCUT2D eigenvalue weighted by Crippen LogP contribution is 2.41. The van der Waals surface area contributed by atoms with Crippen LogP contribution < -0.4 is 11.1 Å². The lowest BCUT2D eigenvalue weighted by Crippen LogP contribution is -2.71. The Balaban J connectivity index is 1.51. The van der Waals surface area contributed by atoms with Crippen molar-refractivity contribution in [2.45, 2.75) is 11.4 Å². The van der Waals surface area contributed by atoms with Crippen LogP contribution in [-0.2, 0) is 19.2 Å². The van der Waals surface area contributed by atoms with Crippen molar-refractivity contribution in [3.63, 3.8) is 0 Å². The predicted molar refractivity (Wildman–Crippen MR) is 128 cm³/mol.